The zero-order valence-electron chi connectivity index (χ0n) is 7.52. The maximum atomic E-state index is 5.05. The minimum absolute atomic E-state index is 0.375. The first-order chi connectivity index (χ1) is 6.45. The monoisotopic (exact) mass is 175 g/mol. The lowest BCUT2D eigenvalue weighted by atomic mass is 10.1. The molecule has 0 radical (unpaired) electrons. The van der Waals surface area contributed by atoms with Crippen LogP contribution >= 0.6 is 0 Å². The van der Waals surface area contributed by atoms with Crippen LogP contribution in [0.25, 0.3) is 0 Å². The van der Waals surface area contributed by atoms with Gasteiger partial charge in [-0.3, -0.25) is 4.99 Å². The van der Waals surface area contributed by atoms with E-state index >= 15 is 0 Å². The molecule has 0 aromatic heterocycles. The molecule has 1 aliphatic rings. The SMILES string of the molecule is C1=NC(CCc2ccccc2)CO1. The molecule has 0 bridgehead atoms. The second-order valence-corrected chi connectivity index (χ2v) is 3.27. The molecule has 2 heteroatoms. The van der Waals surface area contributed by atoms with E-state index in [2.05, 4.69) is 29.3 Å². The van der Waals surface area contributed by atoms with Crippen LogP contribution in [-0.4, -0.2) is 19.0 Å². The number of nitrogens with zero attached hydrogens (tertiary/aromatic N) is 1. The van der Waals surface area contributed by atoms with Crippen LogP contribution in [0.15, 0.2) is 35.3 Å². The first-order valence-corrected chi connectivity index (χ1v) is 4.62. The van der Waals surface area contributed by atoms with E-state index in [-0.39, 0.29) is 0 Å². The van der Waals surface area contributed by atoms with Crippen LogP contribution in [0.3, 0.4) is 0 Å². The Morgan fingerprint density at radius 3 is 2.85 bits per heavy atom. The van der Waals surface area contributed by atoms with Gasteiger partial charge in [0.1, 0.15) is 6.61 Å². The van der Waals surface area contributed by atoms with E-state index < -0.39 is 0 Å². The Hall–Kier alpha value is -1.31. The minimum Gasteiger partial charge on any atom is -0.481 e. The summed E-state index contributed by atoms with van der Waals surface area (Å²) in [6.45, 7) is 0.757. The van der Waals surface area contributed by atoms with E-state index in [1.807, 2.05) is 6.07 Å². The largest absolute Gasteiger partial charge is 0.481 e. The highest BCUT2D eigenvalue weighted by Crippen LogP contribution is 2.09. The number of aryl methyl sites for hydroxylation is 1. The van der Waals surface area contributed by atoms with Gasteiger partial charge >= 0.3 is 0 Å². The van der Waals surface area contributed by atoms with Crippen molar-refractivity contribution < 1.29 is 4.74 Å². The third kappa shape index (κ3) is 2.31. The summed E-state index contributed by atoms with van der Waals surface area (Å²) in [5.41, 5.74) is 1.38. The summed E-state index contributed by atoms with van der Waals surface area (Å²) in [7, 11) is 0. The van der Waals surface area contributed by atoms with Crippen molar-refractivity contribution in [2.75, 3.05) is 6.61 Å². The minimum atomic E-state index is 0.375. The first-order valence-electron chi connectivity index (χ1n) is 4.62. The average Bonchev–Trinajstić information content (AvgIpc) is 2.69. The van der Waals surface area contributed by atoms with Crippen molar-refractivity contribution >= 4 is 6.40 Å². The van der Waals surface area contributed by atoms with Gasteiger partial charge in [0.05, 0.1) is 6.04 Å². The van der Waals surface area contributed by atoms with E-state index in [0.29, 0.717) is 6.04 Å². The number of ether oxygens (including phenoxy) is 1. The normalized spacial score (nSPS) is 20.2. The Balaban J connectivity index is 1.82. The van der Waals surface area contributed by atoms with Gasteiger partial charge in [0.25, 0.3) is 0 Å². The smallest absolute Gasteiger partial charge is 0.169 e. The molecule has 13 heavy (non-hydrogen) atoms. The quantitative estimate of drug-likeness (QED) is 0.689. The zero-order chi connectivity index (χ0) is 8.93. The van der Waals surface area contributed by atoms with Gasteiger partial charge in [-0.15, -0.1) is 0 Å². The molecule has 0 aliphatic carbocycles. The summed E-state index contributed by atoms with van der Waals surface area (Å²) in [6.07, 6.45) is 3.74. The lowest BCUT2D eigenvalue weighted by molar-refractivity contribution is 0.322. The zero-order valence-corrected chi connectivity index (χ0v) is 7.52. The lowest BCUT2D eigenvalue weighted by Crippen LogP contribution is -2.07. The Morgan fingerprint density at radius 2 is 2.15 bits per heavy atom. The van der Waals surface area contributed by atoms with Crippen LogP contribution in [0.5, 0.6) is 0 Å². The highest BCUT2D eigenvalue weighted by atomic mass is 16.5. The average molecular weight is 175 g/mol. The predicted octanol–water partition coefficient (Wildman–Crippen LogP) is 2.05. The van der Waals surface area contributed by atoms with E-state index in [0.717, 1.165) is 19.4 Å². The van der Waals surface area contributed by atoms with Gasteiger partial charge in [0, 0.05) is 0 Å². The van der Waals surface area contributed by atoms with Crippen LogP contribution in [0.1, 0.15) is 12.0 Å². The van der Waals surface area contributed by atoms with Gasteiger partial charge in [-0.25, -0.2) is 0 Å². The first kappa shape index (κ1) is 8.30. The summed E-state index contributed by atoms with van der Waals surface area (Å²) >= 11 is 0. The second-order valence-electron chi connectivity index (χ2n) is 3.27. The maximum absolute atomic E-state index is 5.05. The molecule has 1 aromatic carbocycles. The number of hydrogen-bond acceptors (Lipinski definition) is 2. The summed E-state index contributed by atoms with van der Waals surface area (Å²) in [6, 6.07) is 10.9. The summed E-state index contributed by atoms with van der Waals surface area (Å²) in [5.74, 6) is 0. The molecule has 0 N–H and O–H groups in total. The maximum Gasteiger partial charge on any atom is 0.169 e. The number of hydrogen-bond donors (Lipinski definition) is 0. The van der Waals surface area contributed by atoms with Gasteiger partial charge in [-0.1, -0.05) is 30.3 Å². The van der Waals surface area contributed by atoms with Crippen LogP contribution in [0.2, 0.25) is 0 Å². The van der Waals surface area contributed by atoms with Crippen molar-refractivity contribution in [2.45, 2.75) is 18.9 Å². The van der Waals surface area contributed by atoms with Crippen LogP contribution in [-0.2, 0) is 11.2 Å². The van der Waals surface area contributed by atoms with Gasteiger partial charge < -0.3 is 4.74 Å². The number of rotatable bonds is 3. The highest BCUT2D eigenvalue weighted by Gasteiger charge is 2.10. The van der Waals surface area contributed by atoms with Crippen molar-refractivity contribution in [3.8, 4) is 0 Å². The van der Waals surface area contributed by atoms with Gasteiger partial charge in [0.15, 0.2) is 6.40 Å². The Bertz CT molecular complexity index is 281. The molecule has 1 heterocycles. The van der Waals surface area contributed by atoms with Crippen molar-refractivity contribution in [2.24, 2.45) is 4.99 Å². The van der Waals surface area contributed by atoms with Crippen molar-refractivity contribution in [3.63, 3.8) is 0 Å². The predicted molar refractivity (Wildman–Crippen MR) is 53.0 cm³/mol. The lowest BCUT2D eigenvalue weighted by Gasteiger charge is -2.04. The van der Waals surface area contributed by atoms with Crippen LogP contribution in [0, 0.1) is 0 Å². The molecule has 1 unspecified atom stereocenters. The molecule has 1 atom stereocenters. The topological polar surface area (TPSA) is 21.6 Å². The van der Waals surface area contributed by atoms with Crippen molar-refractivity contribution in [1.29, 1.82) is 0 Å². The number of aliphatic imine (C=N–C) groups is 1. The van der Waals surface area contributed by atoms with E-state index in [1.165, 1.54) is 5.56 Å². The van der Waals surface area contributed by atoms with Crippen molar-refractivity contribution in [1.82, 2.24) is 0 Å². The van der Waals surface area contributed by atoms with E-state index in [9.17, 15) is 0 Å². The molecular formula is C11H13NO. The van der Waals surface area contributed by atoms with E-state index in [4.69, 9.17) is 4.74 Å². The molecule has 2 rings (SSSR count). The standard InChI is InChI=1S/C11H13NO/c1-2-4-10(5-3-1)6-7-11-8-13-9-12-11/h1-5,9,11H,6-8H2. The third-order valence-electron chi connectivity index (χ3n) is 2.24. The fraction of sp³-hybridized carbons (Fsp3) is 0.364. The second kappa shape index (κ2) is 4.08. The molecule has 0 spiro atoms. The summed E-state index contributed by atoms with van der Waals surface area (Å²) < 4.78 is 5.05. The van der Waals surface area contributed by atoms with Crippen molar-refractivity contribution in [3.05, 3.63) is 35.9 Å². The molecule has 0 saturated carbocycles. The third-order valence-corrected chi connectivity index (χ3v) is 2.24. The van der Waals surface area contributed by atoms with E-state index in [1.54, 1.807) is 6.40 Å². The fourth-order valence-corrected chi connectivity index (χ4v) is 1.46. The molecular weight excluding hydrogens is 162 g/mol. The molecule has 0 saturated heterocycles. The number of benzene rings is 1. The molecule has 68 valence electrons. The Morgan fingerprint density at radius 1 is 1.31 bits per heavy atom. The van der Waals surface area contributed by atoms with Gasteiger partial charge in [-0.2, -0.15) is 0 Å². The molecule has 1 aromatic rings. The van der Waals surface area contributed by atoms with Crippen LogP contribution < -0.4 is 0 Å². The summed E-state index contributed by atoms with van der Waals surface area (Å²) in [5, 5.41) is 0. The molecule has 2 nitrogen and oxygen atoms in total. The molecule has 0 fully saturated rings. The molecule has 1 aliphatic heterocycles. The van der Waals surface area contributed by atoms with Gasteiger partial charge in [0.2, 0.25) is 0 Å². The molecule has 0 amide bonds. The van der Waals surface area contributed by atoms with Crippen LogP contribution in [0.4, 0.5) is 0 Å². The Kier molecular flexibility index (Phi) is 2.60. The summed E-state index contributed by atoms with van der Waals surface area (Å²) in [4.78, 5) is 4.20. The van der Waals surface area contributed by atoms with Gasteiger partial charge in [-0.05, 0) is 18.4 Å². The fourth-order valence-electron chi connectivity index (χ4n) is 1.46. The Labute approximate surface area is 78.3 Å². The highest BCUT2D eigenvalue weighted by molar-refractivity contribution is 5.48.